The van der Waals surface area contributed by atoms with Gasteiger partial charge in [-0.3, -0.25) is 14.3 Å². The van der Waals surface area contributed by atoms with Gasteiger partial charge in [0, 0.05) is 28.6 Å². The fraction of sp³-hybridized carbons (Fsp3) is 0.314. The molecule has 5 N–H and O–H groups in total. The highest BCUT2D eigenvalue weighted by molar-refractivity contribution is 7.92. The number of aliphatic hydroxyl groups excluding tert-OH is 1. The summed E-state index contributed by atoms with van der Waals surface area (Å²) in [6.07, 6.45) is -0.614. The largest absolute Gasteiger partial charge is 0.390 e. The minimum atomic E-state index is -3.70. The Morgan fingerprint density at radius 1 is 0.848 bits per heavy atom. The summed E-state index contributed by atoms with van der Waals surface area (Å²) < 4.78 is 27.4. The van der Waals surface area contributed by atoms with Crippen molar-refractivity contribution in [2.24, 2.45) is 0 Å². The molecule has 0 spiro atoms. The van der Waals surface area contributed by atoms with Crippen LogP contribution >= 0.6 is 11.3 Å². The summed E-state index contributed by atoms with van der Waals surface area (Å²) in [7, 11) is -3.70. The molecule has 3 aromatic carbocycles. The van der Waals surface area contributed by atoms with Crippen molar-refractivity contribution in [3.63, 3.8) is 0 Å². The van der Waals surface area contributed by atoms with Crippen LogP contribution in [0, 0.1) is 6.92 Å². The lowest BCUT2D eigenvalue weighted by molar-refractivity contribution is 0.0825. The second-order valence-corrected chi connectivity index (χ2v) is 14.3. The van der Waals surface area contributed by atoms with Crippen LogP contribution in [0.1, 0.15) is 75.1 Å². The minimum Gasteiger partial charge on any atom is -0.390 e. The number of benzene rings is 3. The maximum atomic E-state index is 13.8. The summed E-state index contributed by atoms with van der Waals surface area (Å²) in [6, 6.07) is 24.6. The Kier molecular flexibility index (Phi) is 12.1. The normalized spacial score (nSPS) is 14.1. The molecule has 244 valence electrons. The number of thiophene rings is 1. The summed E-state index contributed by atoms with van der Waals surface area (Å²) in [5, 5.41) is 22.5. The van der Waals surface area contributed by atoms with Crippen LogP contribution in [0.2, 0.25) is 0 Å². The van der Waals surface area contributed by atoms with Crippen molar-refractivity contribution in [1.29, 1.82) is 0 Å². The van der Waals surface area contributed by atoms with Crippen LogP contribution in [0.4, 0.5) is 5.69 Å². The Hall–Kier alpha value is -4.03. The van der Waals surface area contributed by atoms with E-state index in [4.69, 9.17) is 0 Å². The highest BCUT2D eigenvalue weighted by Gasteiger charge is 2.25. The molecule has 0 aliphatic heterocycles. The molecule has 0 radical (unpaired) electrons. The molecule has 4 rings (SSSR count). The van der Waals surface area contributed by atoms with Crippen LogP contribution < -0.4 is 20.7 Å². The number of aryl methyl sites for hydroxylation is 1. The van der Waals surface area contributed by atoms with Crippen LogP contribution in [-0.4, -0.2) is 49.8 Å². The predicted molar refractivity (Wildman–Crippen MR) is 185 cm³/mol. The van der Waals surface area contributed by atoms with Gasteiger partial charge in [-0.25, -0.2) is 8.42 Å². The molecular weight excluding hydrogens is 621 g/mol. The van der Waals surface area contributed by atoms with E-state index in [-0.39, 0.29) is 41.2 Å². The SMILES string of the molecule is CCS(=O)(=O)Nc1cc(C(=O)NC(C)c2sccc2C)cc(C(=O)N[C@@H](Cc2ccccc2)[C@H](O)CN[C@@H](C)c2ccccc2)c1. The van der Waals surface area contributed by atoms with Crippen molar-refractivity contribution in [2.75, 3.05) is 17.0 Å². The molecule has 0 fully saturated rings. The molecule has 0 bridgehead atoms. The number of rotatable bonds is 15. The molecule has 2 amide bonds. The third-order valence-electron chi connectivity index (χ3n) is 7.77. The van der Waals surface area contributed by atoms with E-state index in [2.05, 4.69) is 20.7 Å². The zero-order chi connectivity index (χ0) is 33.3. The van der Waals surface area contributed by atoms with Crippen LogP contribution in [0.15, 0.2) is 90.3 Å². The number of amides is 2. The van der Waals surface area contributed by atoms with Gasteiger partial charge >= 0.3 is 0 Å². The van der Waals surface area contributed by atoms with Gasteiger partial charge in [-0.15, -0.1) is 11.3 Å². The number of nitrogens with one attached hydrogen (secondary N) is 4. The third kappa shape index (κ3) is 9.73. The van der Waals surface area contributed by atoms with E-state index in [9.17, 15) is 23.1 Å². The molecular formula is C35H42N4O5S2. The number of hydrogen-bond acceptors (Lipinski definition) is 7. The quantitative estimate of drug-likeness (QED) is 0.116. The monoisotopic (exact) mass is 662 g/mol. The summed E-state index contributed by atoms with van der Waals surface area (Å²) in [5.74, 6) is -1.18. The van der Waals surface area contributed by atoms with Crippen molar-refractivity contribution in [1.82, 2.24) is 16.0 Å². The van der Waals surface area contributed by atoms with Crippen molar-refractivity contribution in [2.45, 2.75) is 58.3 Å². The number of anilines is 1. The summed E-state index contributed by atoms with van der Waals surface area (Å²) >= 11 is 1.53. The van der Waals surface area contributed by atoms with Crippen LogP contribution in [0.5, 0.6) is 0 Å². The average molecular weight is 663 g/mol. The summed E-state index contributed by atoms with van der Waals surface area (Å²) in [5.41, 5.74) is 3.35. The lowest BCUT2D eigenvalue weighted by Crippen LogP contribution is -2.49. The Morgan fingerprint density at radius 3 is 2.04 bits per heavy atom. The van der Waals surface area contributed by atoms with Gasteiger partial charge in [0.15, 0.2) is 0 Å². The first-order chi connectivity index (χ1) is 22.0. The molecule has 0 saturated heterocycles. The number of carbonyl (C=O) groups is 2. The highest BCUT2D eigenvalue weighted by Crippen LogP contribution is 2.25. The topological polar surface area (TPSA) is 137 Å². The Morgan fingerprint density at radius 2 is 1.46 bits per heavy atom. The van der Waals surface area contributed by atoms with E-state index in [1.165, 1.54) is 36.5 Å². The van der Waals surface area contributed by atoms with E-state index in [0.717, 1.165) is 21.6 Å². The maximum Gasteiger partial charge on any atom is 0.251 e. The highest BCUT2D eigenvalue weighted by atomic mass is 32.2. The number of aliphatic hydroxyl groups is 1. The zero-order valence-corrected chi connectivity index (χ0v) is 28.1. The standard InChI is InChI=1S/C35H42N4O5S2/c1-5-46(43,44)39-30-20-28(34(41)37-25(4)33-23(2)16-17-45-33)19-29(21-30)35(42)38-31(18-26-12-8-6-9-13-26)32(40)22-36-24(3)27-14-10-7-11-15-27/h6-17,19-21,24-25,31-32,36,39-40H,5,18,22H2,1-4H3,(H,37,41)(H,38,42)/t24-,25?,31-,32+/m0/s1. The summed E-state index contributed by atoms with van der Waals surface area (Å²) in [4.78, 5) is 28.2. The molecule has 1 unspecified atom stereocenters. The number of hydrogen-bond donors (Lipinski definition) is 5. The van der Waals surface area contributed by atoms with E-state index >= 15 is 0 Å². The van der Waals surface area contributed by atoms with E-state index in [1.54, 1.807) is 0 Å². The first kappa shape index (κ1) is 34.8. The second-order valence-electron chi connectivity index (χ2n) is 11.3. The molecule has 1 aromatic heterocycles. The smallest absolute Gasteiger partial charge is 0.251 e. The molecule has 4 aromatic rings. The Bertz CT molecular complexity index is 1710. The average Bonchev–Trinajstić information content (AvgIpc) is 3.49. The van der Waals surface area contributed by atoms with Crippen molar-refractivity contribution in [3.05, 3.63) is 123 Å². The molecule has 0 aliphatic rings. The van der Waals surface area contributed by atoms with Gasteiger partial charge in [-0.1, -0.05) is 60.7 Å². The molecule has 1 heterocycles. The van der Waals surface area contributed by atoms with E-state index in [1.807, 2.05) is 92.9 Å². The van der Waals surface area contributed by atoms with E-state index in [0.29, 0.717) is 6.42 Å². The first-order valence-electron chi connectivity index (χ1n) is 15.3. The van der Waals surface area contributed by atoms with Gasteiger partial charge in [-0.05, 0) is 80.5 Å². The van der Waals surface area contributed by atoms with Crippen LogP contribution in [0.3, 0.4) is 0 Å². The first-order valence-corrected chi connectivity index (χ1v) is 17.8. The molecule has 9 nitrogen and oxygen atoms in total. The third-order valence-corrected chi connectivity index (χ3v) is 10.3. The van der Waals surface area contributed by atoms with Gasteiger partial charge in [0.25, 0.3) is 11.8 Å². The predicted octanol–water partition coefficient (Wildman–Crippen LogP) is 5.36. The Labute approximate surface area is 275 Å². The molecule has 0 aliphatic carbocycles. The fourth-order valence-electron chi connectivity index (χ4n) is 5.08. The van der Waals surface area contributed by atoms with Crippen molar-refractivity contribution < 1.29 is 23.1 Å². The molecule has 4 atom stereocenters. The van der Waals surface area contributed by atoms with Gasteiger partial charge in [0.2, 0.25) is 10.0 Å². The second kappa shape index (κ2) is 16.0. The van der Waals surface area contributed by atoms with Gasteiger partial charge in [0.1, 0.15) is 0 Å². The van der Waals surface area contributed by atoms with Crippen molar-refractivity contribution >= 4 is 38.9 Å². The molecule has 0 saturated carbocycles. The lowest BCUT2D eigenvalue weighted by atomic mass is 9.99. The van der Waals surface area contributed by atoms with E-state index < -0.39 is 34.0 Å². The van der Waals surface area contributed by atoms with Crippen molar-refractivity contribution in [3.8, 4) is 0 Å². The maximum absolute atomic E-state index is 13.8. The summed E-state index contributed by atoms with van der Waals surface area (Å²) in [6.45, 7) is 7.55. The van der Waals surface area contributed by atoms with Crippen LogP contribution in [-0.2, 0) is 16.4 Å². The minimum absolute atomic E-state index is 0.0337. The van der Waals surface area contributed by atoms with Crippen LogP contribution in [0.25, 0.3) is 0 Å². The molecule has 46 heavy (non-hydrogen) atoms. The fourth-order valence-corrected chi connectivity index (χ4v) is 6.63. The van der Waals surface area contributed by atoms with Gasteiger partial charge in [0.05, 0.1) is 29.6 Å². The number of carbonyl (C=O) groups excluding carboxylic acids is 2. The lowest BCUT2D eigenvalue weighted by Gasteiger charge is -2.26. The Balaban J connectivity index is 1.58. The number of sulfonamides is 1. The zero-order valence-electron chi connectivity index (χ0n) is 26.5. The molecule has 11 heteroatoms. The van der Waals surface area contributed by atoms with Gasteiger partial charge < -0.3 is 21.1 Å². The van der Waals surface area contributed by atoms with Gasteiger partial charge in [-0.2, -0.15) is 0 Å².